The van der Waals surface area contributed by atoms with E-state index in [0.717, 1.165) is 5.56 Å². The van der Waals surface area contributed by atoms with Gasteiger partial charge in [-0.3, -0.25) is 14.5 Å². The van der Waals surface area contributed by atoms with Gasteiger partial charge in [0.1, 0.15) is 19.0 Å². The lowest BCUT2D eigenvalue weighted by atomic mass is 9.95. The van der Waals surface area contributed by atoms with E-state index in [-0.39, 0.29) is 16.5 Å². The van der Waals surface area contributed by atoms with Gasteiger partial charge >= 0.3 is 5.91 Å². The number of ether oxygens (including phenoxy) is 2. The molecule has 0 bridgehead atoms. The van der Waals surface area contributed by atoms with E-state index in [1.807, 2.05) is 24.3 Å². The second-order valence-electron chi connectivity index (χ2n) is 8.85. The normalized spacial score (nSPS) is 17.9. The zero-order valence-electron chi connectivity index (χ0n) is 20.5. The van der Waals surface area contributed by atoms with Crippen molar-refractivity contribution in [1.82, 2.24) is 10.2 Å². The Hall–Kier alpha value is -3.57. The number of nitrogens with zero attached hydrogens (tertiary/aromatic N) is 3. The molecule has 0 saturated carbocycles. The summed E-state index contributed by atoms with van der Waals surface area (Å²) < 4.78 is 11.8. The lowest BCUT2D eigenvalue weighted by molar-refractivity contribution is -0.132. The van der Waals surface area contributed by atoms with Crippen LogP contribution in [0.1, 0.15) is 22.7 Å². The van der Waals surface area contributed by atoms with E-state index in [9.17, 15) is 14.7 Å². The molecule has 2 aliphatic heterocycles. The lowest BCUT2D eigenvalue weighted by Crippen LogP contribution is -2.29. The summed E-state index contributed by atoms with van der Waals surface area (Å²) in [6.07, 6.45) is 0. The number of thioether (sulfide) groups is 1. The third kappa shape index (κ3) is 5.15. The van der Waals surface area contributed by atoms with E-state index >= 15 is 0 Å². The van der Waals surface area contributed by atoms with Crippen LogP contribution in [0.25, 0.3) is 5.76 Å². The first kappa shape index (κ1) is 26.6. The molecule has 0 spiro atoms. The van der Waals surface area contributed by atoms with Crippen molar-refractivity contribution in [3.8, 4) is 11.5 Å². The highest BCUT2D eigenvalue weighted by Crippen LogP contribution is 2.45. The lowest BCUT2D eigenvalue weighted by Gasteiger charge is -2.23. The van der Waals surface area contributed by atoms with E-state index in [0.29, 0.717) is 56.0 Å². The van der Waals surface area contributed by atoms with Gasteiger partial charge in [0.2, 0.25) is 5.13 Å². The summed E-state index contributed by atoms with van der Waals surface area (Å²) in [7, 11) is 0. The molecular formula is C28H19Cl2N3O5S2. The van der Waals surface area contributed by atoms with Gasteiger partial charge in [0.05, 0.1) is 11.6 Å². The fourth-order valence-corrected chi connectivity index (χ4v) is 6.60. The van der Waals surface area contributed by atoms with E-state index < -0.39 is 17.7 Å². The molecule has 6 rings (SSSR count). The van der Waals surface area contributed by atoms with Gasteiger partial charge in [0, 0.05) is 21.4 Å². The van der Waals surface area contributed by atoms with Crippen molar-refractivity contribution in [2.45, 2.75) is 16.1 Å². The Morgan fingerprint density at radius 1 is 0.975 bits per heavy atom. The van der Waals surface area contributed by atoms with Crippen molar-refractivity contribution in [2.24, 2.45) is 0 Å². The van der Waals surface area contributed by atoms with E-state index in [4.69, 9.17) is 32.7 Å². The van der Waals surface area contributed by atoms with Crippen LogP contribution in [-0.2, 0) is 15.3 Å². The molecule has 1 aromatic heterocycles. The number of ketones is 1. The summed E-state index contributed by atoms with van der Waals surface area (Å²) in [5.74, 6) is -0.420. The van der Waals surface area contributed by atoms with Crippen LogP contribution in [-0.4, -0.2) is 40.2 Å². The predicted octanol–water partition coefficient (Wildman–Crippen LogP) is 6.53. The SMILES string of the molecule is O=C1C(=O)N(c2nnc(SCc3ccc(Cl)cc3)s2)[C@@H](c2cccc(Cl)c2)/C1=C(\O)c1ccc2c(c1)OCCO2. The first-order valence-corrected chi connectivity index (χ1v) is 14.6. The van der Waals surface area contributed by atoms with Crippen molar-refractivity contribution < 1.29 is 24.2 Å². The van der Waals surface area contributed by atoms with Gasteiger partial charge in [-0.25, -0.2) is 0 Å². The van der Waals surface area contributed by atoms with Crippen LogP contribution >= 0.6 is 46.3 Å². The Labute approximate surface area is 247 Å². The van der Waals surface area contributed by atoms with E-state index in [1.54, 1.807) is 42.5 Å². The van der Waals surface area contributed by atoms with Crippen molar-refractivity contribution >= 4 is 68.9 Å². The molecule has 1 amide bonds. The monoisotopic (exact) mass is 611 g/mol. The van der Waals surface area contributed by atoms with Gasteiger partial charge in [-0.15, -0.1) is 10.2 Å². The van der Waals surface area contributed by atoms with Crippen LogP contribution in [0.5, 0.6) is 11.5 Å². The highest BCUT2D eigenvalue weighted by molar-refractivity contribution is 8.00. The molecule has 0 unspecified atom stereocenters. The van der Waals surface area contributed by atoms with E-state index in [2.05, 4.69) is 10.2 Å². The number of carbonyl (C=O) groups excluding carboxylic acids is 2. The molecule has 3 aromatic carbocycles. The number of hydrogen-bond donors (Lipinski definition) is 1. The molecule has 0 radical (unpaired) electrons. The molecule has 40 heavy (non-hydrogen) atoms. The minimum atomic E-state index is -0.978. The number of hydrogen-bond acceptors (Lipinski definition) is 9. The number of aliphatic hydroxyl groups is 1. The van der Waals surface area contributed by atoms with Crippen LogP contribution in [0, 0.1) is 0 Å². The molecule has 2 aliphatic rings. The number of anilines is 1. The van der Waals surface area contributed by atoms with Crippen LogP contribution in [0.2, 0.25) is 10.0 Å². The number of aliphatic hydroxyl groups excluding tert-OH is 1. The van der Waals surface area contributed by atoms with Gasteiger partial charge in [0.25, 0.3) is 5.78 Å². The topological polar surface area (TPSA) is 102 Å². The zero-order chi connectivity index (χ0) is 27.8. The first-order valence-electron chi connectivity index (χ1n) is 12.1. The smallest absolute Gasteiger partial charge is 0.301 e. The maximum atomic E-state index is 13.4. The maximum Gasteiger partial charge on any atom is 0.301 e. The number of fused-ring (bicyclic) bond motifs is 1. The second-order valence-corrected chi connectivity index (χ2v) is 11.9. The Morgan fingerprint density at radius 3 is 2.52 bits per heavy atom. The second kappa shape index (κ2) is 11.1. The summed E-state index contributed by atoms with van der Waals surface area (Å²) in [4.78, 5) is 28.2. The Bertz CT molecular complexity index is 1660. The highest BCUT2D eigenvalue weighted by Gasteiger charge is 2.48. The quantitative estimate of drug-likeness (QED) is 0.0862. The molecule has 1 saturated heterocycles. The highest BCUT2D eigenvalue weighted by atomic mass is 35.5. The van der Waals surface area contributed by atoms with Gasteiger partial charge in [0.15, 0.2) is 15.8 Å². The summed E-state index contributed by atoms with van der Waals surface area (Å²) in [5, 5.41) is 21.2. The summed E-state index contributed by atoms with van der Waals surface area (Å²) in [6.45, 7) is 0.777. The standard InChI is InChI=1S/C28H19Cl2N3O5S2/c29-18-7-4-15(5-8-18)14-39-28-32-31-27(40-28)33-23(16-2-1-3-19(30)12-16)22(25(35)26(33)36)24(34)17-6-9-20-21(13-17)38-11-10-37-20/h1-9,12-13,23,34H,10-11,14H2/b24-22+/t23-/m0/s1. The third-order valence-corrected chi connectivity index (χ3v) is 8.92. The first-order chi connectivity index (χ1) is 19.4. The molecule has 3 heterocycles. The van der Waals surface area contributed by atoms with E-state index in [1.165, 1.54) is 28.0 Å². The fourth-order valence-electron chi connectivity index (χ4n) is 4.45. The summed E-state index contributed by atoms with van der Waals surface area (Å²) >= 11 is 14.9. The van der Waals surface area contributed by atoms with Gasteiger partial charge in [-0.1, -0.05) is 70.6 Å². The molecular weight excluding hydrogens is 593 g/mol. The molecule has 1 fully saturated rings. The van der Waals surface area contributed by atoms with Crippen LogP contribution in [0.4, 0.5) is 5.13 Å². The van der Waals surface area contributed by atoms with Crippen LogP contribution in [0.3, 0.4) is 0 Å². The molecule has 1 atom stereocenters. The average Bonchev–Trinajstić information content (AvgIpc) is 3.54. The largest absolute Gasteiger partial charge is 0.507 e. The molecule has 8 nitrogen and oxygen atoms in total. The predicted molar refractivity (Wildman–Crippen MR) is 155 cm³/mol. The summed E-state index contributed by atoms with van der Waals surface area (Å²) in [6, 6.07) is 18.2. The zero-order valence-corrected chi connectivity index (χ0v) is 23.7. The third-order valence-electron chi connectivity index (χ3n) is 6.30. The van der Waals surface area contributed by atoms with Gasteiger partial charge in [-0.2, -0.15) is 0 Å². The van der Waals surface area contributed by atoms with Crippen molar-refractivity contribution in [3.63, 3.8) is 0 Å². The van der Waals surface area contributed by atoms with Gasteiger partial charge < -0.3 is 14.6 Å². The van der Waals surface area contributed by atoms with Gasteiger partial charge in [-0.05, 0) is 53.6 Å². The number of benzene rings is 3. The number of aromatic nitrogens is 2. The molecule has 12 heteroatoms. The molecule has 4 aromatic rings. The number of rotatable bonds is 6. The molecule has 202 valence electrons. The number of Topliss-reactive ketones (excluding diaryl/α,β-unsaturated/α-hetero) is 1. The van der Waals surface area contributed by atoms with Crippen LogP contribution in [0.15, 0.2) is 76.6 Å². The minimum Gasteiger partial charge on any atom is -0.507 e. The summed E-state index contributed by atoms with van der Waals surface area (Å²) in [5.41, 5.74) is 1.81. The van der Waals surface area contributed by atoms with Crippen molar-refractivity contribution in [1.29, 1.82) is 0 Å². The minimum absolute atomic E-state index is 0.0884. The molecule has 1 N–H and O–H groups in total. The molecule has 0 aliphatic carbocycles. The fraction of sp³-hybridized carbons (Fsp3) is 0.143. The number of carbonyl (C=O) groups is 2. The van der Waals surface area contributed by atoms with Crippen molar-refractivity contribution in [2.75, 3.05) is 18.1 Å². The average molecular weight is 613 g/mol. The number of halogens is 2. The Kier molecular flexibility index (Phi) is 7.41. The maximum absolute atomic E-state index is 13.4. The number of amides is 1. The Balaban J connectivity index is 1.38. The van der Waals surface area contributed by atoms with Crippen molar-refractivity contribution in [3.05, 3.63) is 99.0 Å². The Morgan fingerprint density at radius 2 is 1.75 bits per heavy atom. The van der Waals surface area contributed by atoms with Crippen LogP contribution < -0.4 is 14.4 Å².